The van der Waals surface area contributed by atoms with Crippen molar-refractivity contribution in [1.82, 2.24) is 0 Å². The highest BCUT2D eigenvalue weighted by Gasteiger charge is 2.17. The zero-order chi connectivity index (χ0) is 13.5. The summed E-state index contributed by atoms with van der Waals surface area (Å²) in [4.78, 5) is 12.1. The van der Waals surface area contributed by atoms with Crippen molar-refractivity contribution in [1.29, 1.82) is 0 Å². The van der Waals surface area contributed by atoms with Crippen LogP contribution in [-0.4, -0.2) is 5.91 Å². The molecule has 100 valence electrons. The van der Waals surface area contributed by atoms with E-state index >= 15 is 0 Å². The van der Waals surface area contributed by atoms with E-state index in [9.17, 15) is 9.18 Å². The second-order valence-corrected chi connectivity index (χ2v) is 5.24. The van der Waals surface area contributed by atoms with Crippen LogP contribution in [0.4, 0.5) is 10.1 Å². The first-order valence-electron chi connectivity index (χ1n) is 6.34. The van der Waals surface area contributed by atoms with Gasteiger partial charge in [-0.25, -0.2) is 4.39 Å². The summed E-state index contributed by atoms with van der Waals surface area (Å²) < 4.78 is 13.8. The lowest BCUT2D eigenvalue weighted by Crippen LogP contribution is -2.23. The summed E-state index contributed by atoms with van der Waals surface area (Å²) in [6.45, 7) is 4.13. The van der Waals surface area contributed by atoms with E-state index in [1.54, 1.807) is 6.07 Å². The van der Waals surface area contributed by atoms with E-state index < -0.39 is 0 Å². The molecule has 0 saturated carbocycles. The lowest BCUT2D eigenvalue weighted by Gasteiger charge is -2.16. The Kier molecular flexibility index (Phi) is 6.33. The number of rotatable bonds is 6. The van der Waals surface area contributed by atoms with Crippen molar-refractivity contribution in [2.24, 2.45) is 5.92 Å². The molecule has 0 aliphatic carbocycles. The Balaban J connectivity index is 2.75. The van der Waals surface area contributed by atoms with E-state index in [1.807, 2.05) is 0 Å². The molecular formula is C14H19BrFNO. The van der Waals surface area contributed by atoms with E-state index in [0.717, 1.165) is 25.7 Å². The molecule has 1 aromatic carbocycles. The van der Waals surface area contributed by atoms with E-state index in [1.165, 1.54) is 12.1 Å². The number of halogens is 2. The summed E-state index contributed by atoms with van der Waals surface area (Å²) in [6.07, 6.45) is 3.68. The number of carbonyl (C=O) groups is 1. The smallest absolute Gasteiger partial charge is 0.227 e. The van der Waals surface area contributed by atoms with Gasteiger partial charge in [0.25, 0.3) is 0 Å². The first kappa shape index (κ1) is 15.2. The summed E-state index contributed by atoms with van der Waals surface area (Å²) in [5.41, 5.74) is 0.497. The maximum atomic E-state index is 13.1. The monoisotopic (exact) mass is 315 g/mol. The maximum absolute atomic E-state index is 13.1. The number of anilines is 1. The minimum Gasteiger partial charge on any atom is -0.325 e. The van der Waals surface area contributed by atoms with Gasteiger partial charge in [0.05, 0.1) is 5.69 Å². The molecular weight excluding hydrogens is 297 g/mol. The molecule has 0 saturated heterocycles. The normalized spacial score (nSPS) is 10.7. The molecule has 0 heterocycles. The molecule has 4 heteroatoms. The van der Waals surface area contributed by atoms with E-state index in [2.05, 4.69) is 35.1 Å². The molecule has 1 rings (SSSR count). The average molecular weight is 316 g/mol. The third-order valence-corrected chi connectivity index (χ3v) is 3.52. The van der Waals surface area contributed by atoms with Crippen LogP contribution in [0.5, 0.6) is 0 Å². The highest BCUT2D eigenvalue weighted by atomic mass is 79.9. The van der Waals surface area contributed by atoms with Gasteiger partial charge in [-0.15, -0.1) is 0 Å². The Bertz CT molecular complexity index is 403. The van der Waals surface area contributed by atoms with Crippen LogP contribution in [0.15, 0.2) is 22.7 Å². The highest BCUT2D eigenvalue weighted by Crippen LogP contribution is 2.25. The van der Waals surface area contributed by atoms with Crippen LogP contribution in [-0.2, 0) is 4.79 Å². The molecule has 1 amide bonds. The van der Waals surface area contributed by atoms with Crippen LogP contribution in [0.3, 0.4) is 0 Å². The molecule has 0 aliphatic rings. The zero-order valence-electron chi connectivity index (χ0n) is 10.8. The van der Waals surface area contributed by atoms with Crippen molar-refractivity contribution >= 4 is 27.5 Å². The molecule has 0 radical (unpaired) electrons. The molecule has 0 aromatic heterocycles. The molecule has 1 aromatic rings. The molecule has 0 atom stereocenters. The van der Waals surface area contributed by atoms with Crippen molar-refractivity contribution in [3.63, 3.8) is 0 Å². The molecule has 18 heavy (non-hydrogen) atoms. The summed E-state index contributed by atoms with van der Waals surface area (Å²) in [5, 5.41) is 2.79. The molecule has 1 N–H and O–H groups in total. The number of hydrogen-bond acceptors (Lipinski definition) is 1. The van der Waals surface area contributed by atoms with Gasteiger partial charge >= 0.3 is 0 Å². The van der Waals surface area contributed by atoms with Crippen molar-refractivity contribution in [3.8, 4) is 0 Å². The molecule has 0 unspecified atom stereocenters. The van der Waals surface area contributed by atoms with Gasteiger partial charge < -0.3 is 5.32 Å². The Morgan fingerprint density at radius 2 is 1.94 bits per heavy atom. The van der Waals surface area contributed by atoms with Crippen molar-refractivity contribution < 1.29 is 9.18 Å². The molecule has 0 fully saturated rings. The van der Waals surface area contributed by atoms with Gasteiger partial charge in [-0.2, -0.15) is 0 Å². The summed E-state index contributed by atoms with van der Waals surface area (Å²) in [6, 6.07) is 4.28. The van der Waals surface area contributed by atoms with Crippen LogP contribution in [0.2, 0.25) is 0 Å². The van der Waals surface area contributed by atoms with Gasteiger partial charge in [0.15, 0.2) is 0 Å². The third kappa shape index (κ3) is 4.41. The third-order valence-electron chi connectivity index (χ3n) is 2.83. The standard InChI is InChI=1S/C14H19BrFNO/c1-3-5-10(6-4-2)14(18)17-13-9-11(16)7-8-12(13)15/h7-10H,3-6H2,1-2H3,(H,17,18). The second-order valence-electron chi connectivity index (χ2n) is 4.39. The Morgan fingerprint density at radius 3 is 2.50 bits per heavy atom. The average Bonchev–Trinajstić information content (AvgIpc) is 2.33. The summed E-state index contributed by atoms with van der Waals surface area (Å²) in [7, 11) is 0. The fourth-order valence-corrected chi connectivity index (χ4v) is 2.28. The van der Waals surface area contributed by atoms with Crippen molar-refractivity contribution in [2.75, 3.05) is 5.32 Å². The van der Waals surface area contributed by atoms with Gasteiger partial charge in [0.2, 0.25) is 5.91 Å². The second kappa shape index (κ2) is 7.52. The van der Waals surface area contributed by atoms with Crippen LogP contribution in [0, 0.1) is 11.7 Å². The predicted octanol–water partition coefficient (Wildman–Crippen LogP) is 4.74. The minimum absolute atomic E-state index is 0.00941. The Hall–Kier alpha value is -0.900. The zero-order valence-corrected chi connectivity index (χ0v) is 12.4. The number of benzene rings is 1. The molecule has 0 spiro atoms. The number of carbonyl (C=O) groups excluding carboxylic acids is 1. The molecule has 2 nitrogen and oxygen atoms in total. The lowest BCUT2D eigenvalue weighted by molar-refractivity contribution is -0.120. The number of hydrogen-bond donors (Lipinski definition) is 1. The van der Waals surface area contributed by atoms with Gasteiger partial charge in [0, 0.05) is 10.4 Å². The SMILES string of the molecule is CCCC(CCC)C(=O)Nc1cc(F)ccc1Br. The first-order valence-corrected chi connectivity index (χ1v) is 7.13. The lowest BCUT2D eigenvalue weighted by atomic mass is 9.97. The van der Waals surface area contributed by atoms with Crippen molar-refractivity contribution in [2.45, 2.75) is 39.5 Å². The summed E-state index contributed by atoms with van der Waals surface area (Å²) in [5.74, 6) is -0.365. The Morgan fingerprint density at radius 1 is 1.33 bits per heavy atom. The predicted molar refractivity (Wildman–Crippen MR) is 76.0 cm³/mol. The van der Waals surface area contributed by atoms with E-state index in [4.69, 9.17) is 0 Å². The van der Waals surface area contributed by atoms with Crippen LogP contribution >= 0.6 is 15.9 Å². The van der Waals surface area contributed by atoms with Crippen molar-refractivity contribution in [3.05, 3.63) is 28.5 Å². The van der Waals surface area contributed by atoms with E-state index in [-0.39, 0.29) is 17.6 Å². The number of amides is 1. The van der Waals surface area contributed by atoms with E-state index in [0.29, 0.717) is 10.2 Å². The van der Waals surface area contributed by atoms with Gasteiger partial charge in [-0.1, -0.05) is 26.7 Å². The van der Waals surface area contributed by atoms with Crippen LogP contribution in [0.25, 0.3) is 0 Å². The topological polar surface area (TPSA) is 29.1 Å². The minimum atomic E-state index is -0.351. The number of nitrogens with one attached hydrogen (secondary N) is 1. The molecule has 0 aliphatic heterocycles. The maximum Gasteiger partial charge on any atom is 0.227 e. The van der Waals surface area contributed by atoms with Gasteiger partial charge in [-0.3, -0.25) is 4.79 Å². The van der Waals surface area contributed by atoms with Gasteiger partial charge in [-0.05, 0) is 47.0 Å². The van der Waals surface area contributed by atoms with Crippen LogP contribution in [0.1, 0.15) is 39.5 Å². The Labute approximate surface area is 116 Å². The summed E-state index contributed by atoms with van der Waals surface area (Å²) >= 11 is 3.30. The fourth-order valence-electron chi connectivity index (χ4n) is 1.93. The van der Waals surface area contributed by atoms with Gasteiger partial charge in [0.1, 0.15) is 5.82 Å². The fraction of sp³-hybridized carbons (Fsp3) is 0.500. The first-order chi connectivity index (χ1) is 8.58. The molecule has 0 bridgehead atoms. The highest BCUT2D eigenvalue weighted by molar-refractivity contribution is 9.10. The largest absolute Gasteiger partial charge is 0.325 e. The van der Waals surface area contributed by atoms with Crippen LogP contribution < -0.4 is 5.32 Å². The quantitative estimate of drug-likeness (QED) is 0.807.